The molecule has 1 heterocycles. The van der Waals surface area contributed by atoms with Crippen molar-refractivity contribution in [2.24, 2.45) is 0 Å². The summed E-state index contributed by atoms with van der Waals surface area (Å²) in [6.45, 7) is 11.1. The lowest BCUT2D eigenvalue weighted by Gasteiger charge is -2.00. The smallest absolute Gasteiger partial charge is 0.0538 e. The lowest BCUT2D eigenvalue weighted by Crippen LogP contribution is -2.14. The van der Waals surface area contributed by atoms with E-state index in [1.807, 2.05) is 19.3 Å². The summed E-state index contributed by atoms with van der Waals surface area (Å²) in [7, 11) is 0. The number of nitrogens with zero attached hydrogens (tertiary/aromatic N) is 2. The van der Waals surface area contributed by atoms with Gasteiger partial charge in [0.15, 0.2) is 0 Å². The fraction of sp³-hybridized carbons (Fsp3) is 0.300. The van der Waals surface area contributed by atoms with Gasteiger partial charge in [-0.25, -0.2) is 4.68 Å². The van der Waals surface area contributed by atoms with Crippen molar-refractivity contribution in [3.63, 3.8) is 0 Å². The second-order valence-electron chi connectivity index (χ2n) is 3.07. The van der Waals surface area contributed by atoms with Crippen LogP contribution in [0.25, 0.3) is 6.20 Å². The van der Waals surface area contributed by atoms with E-state index in [1.54, 1.807) is 10.9 Å². The molecule has 0 fully saturated rings. The first-order valence-corrected chi connectivity index (χ1v) is 4.23. The standard InChI is InChI=1S/C10H15N3/c1-4-13-8-10(7-12-13)6-11-5-9(2)3/h4,7-8,11H,1-2,5-6H2,3H3. The average Bonchev–Trinajstić information content (AvgIpc) is 2.52. The molecule has 0 saturated heterocycles. The zero-order valence-electron chi connectivity index (χ0n) is 7.95. The monoisotopic (exact) mass is 177 g/mol. The zero-order valence-corrected chi connectivity index (χ0v) is 7.95. The quantitative estimate of drug-likeness (QED) is 0.693. The highest BCUT2D eigenvalue weighted by atomic mass is 15.2. The highest BCUT2D eigenvalue weighted by Gasteiger charge is 1.95. The minimum absolute atomic E-state index is 0.820. The maximum atomic E-state index is 4.07. The predicted molar refractivity (Wildman–Crippen MR) is 55.1 cm³/mol. The lowest BCUT2D eigenvalue weighted by molar-refractivity contribution is 0.741. The van der Waals surface area contributed by atoms with Crippen LogP contribution in [0.15, 0.2) is 31.1 Å². The second kappa shape index (κ2) is 4.62. The van der Waals surface area contributed by atoms with E-state index < -0.39 is 0 Å². The van der Waals surface area contributed by atoms with Gasteiger partial charge >= 0.3 is 0 Å². The van der Waals surface area contributed by atoms with E-state index in [4.69, 9.17) is 0 Å². The van der Waals surface area contributed by atoms with Crippen molar-refractivity contribution in [2.75, 3.05) is 6.54 Å². The van der Waals surface area contributed by atoms with Gasteiger partial charge in [0.05, 0.1) is 6.20 Å². The van der Waals surface area contributed by atoms with Gasteiger partial charge in [-0.2, -0.15) is 5.10 Å². The fourth-order valence-corrected chi connectivity index (χ4v) is 0.989. The molecule has 1 N–H and O–H groups in total. The summed E-state index contributed by atoms with van der Waals surface area (Å²) in [5.74, 6) is 0. The Bertz CT molecular complexity index is 299. The SMILES string of the molecule is C=Cn1cc(CNCC(=C)C)cn1. The molecule has 3 nitrogen and oxygen atoms in total. The summed E-state index contributed by atoms with van der Waals surface area (Å²) >= 11 is 0. The van der Waals surface area contributed by atoms with Crippen molar-refractivity contribution in [3.8, 4) is 0 Å². The van der Waals surface area contributed by atoms with E-state index in [1.165, 1.54) is 0 Å². The summed E-state index contributed by atoms with van der Waals surface area (Å²) < 4.78 is 1.69. The molecule has 0 aliphatic rings. The molecule has 1 aromatic heterocycles. The highest BCUT2D eigenvalue weighted by Crippen LogP contribution is 1.97. The fourth-order valence-electron chi connectivity index (χ4n) is 0.989. The minimum atomic E-state index is 0.820. The van der Waals surface area contributed by atoms with Crippen LogP contribution in [-0.4, -0.2) is 16.3 Å². The van der Waals surface area contributed by atoms with Crippen LogP contribution in [0.3, 0.4) is 0 Å². The first-order valence-electron chi connectivity index (χ1n) is 4.23. The summed E-state index contributed by atoms with van der Waals surface area (Å²) in [6, 6.07) is 0. The third kappa shape index (κ3) is 3.25. The Morgan fingerprint density at radius 1 is 1.77 bits per heavy atom. The van der Waals surface area contributed by atoms with Crippen molar-refractivity contribution in [1.82, 2.24) is 15.1 Å². The number of hydrogen-bond donors (Lipinski definition) is 1. The van der Waals surface area contributed by atoms with E-state index in [0.717, 1.165) is 24.2 Å². The third-order valence-corrected chi connectivity index (χ3v) is 1.60. The molecular formula is C10H15N3. The molecule has 0 aliphatic heterocycles. The Kier molecular flexibility index (Phi) is 3.46. The van der Waals surface area contributed by atoms with Crippen molar-refractivity contribution >= 4 is 6.20 Å². The maximum absolute atomic E-state index is 4.07. The summed E-state index contributed by atoms with van der Waals surface area (Å²) in [6.07, 6.45) is 5.44. The van der Waals surface area contributed by atoms with Crippen LogP contribution in [0.4, 0.5) is 0 Å². The number of rotatable bonds is 5. The molecule has 0 aromatic carbocycles. The van der Waals surface area contributed by atoms with E-state index in [2.05, 4.69) is 23.6 Å². The van der Waals surface area contributed by atoms with Crippen molar-refractivity contribution in [1.29, 1.82) is 0 Å². The first kappa shape index (κ1) is 9.74. The van der Waals surface area contributed by atoms with E-state index in [0.29, 0.717) is 0 Å². The number of hydrogen-bond acceptors (Lipinski definition) is 2. The zero-order chi connectivity index (χ0) is 9.68. The highest BCUT2D eigenvalue weighted by molar-refractivity contribution is 5.17. The van der Waals surface area contributed by atoms with E-state index in [-0.39, 0.29) is 0 Å². The van der Waals surface area contributed by atoms with Crippen LogP contribution in [-0.2, 0) is 6.54 Å². The van der Waals surface area contributed by atoms with Crippen molar-refractivity contribution < 1.29 is 0 Å². The number of aromatic nitrogens is 2. The van der Waals surface area contributed by atoms with Gasteiger partial charge in [-0.15, -0.1) is 0 Å². The van der Waals surface area contributed by atoms with Crippen LogP contribution in [0.2, 0.25) is 0 Å². The van der Waals surface area contributed by atoms with Gasteiger partial charge in [0.1, 0.15) is 0 Å². The Labute approximate surface area is 78.8 Å². The molecule has 0 spiro atoms. The Hall–Kier alpha value is -1.35. The number of nitrogens with one attached hydrogen (secondary N) is 1. The van der Waals surface area contributed by atoms with Crippen LogP contribution >= 0.6 is 0 Å². The molecule has 1 aromatic rings. The molecule has 13 heavy (non-hydrogen) atoms. The van der Waals surface area contributed by atoms with Gasteiger partial charge < -0.3 is 5.32 Å². The molecule has 0 saturated carbocycles. The van der Waals surface area contributed by atoms with Crippen LogP contribution in [0, 0.1) is 0 Å². The second-order valence-corrected chi connectivity index (χ2v) is 3.07. The molecule has 0 aliphatic carbocycles. The Morgan fingerprint density at radius 3 is 3.08 bits per heavy atom. The summed E-state index contributed by atoms with van der Waals surface area (Å²) in [4.78, 5) is 0. The summed E-state index contributed by atoms with van der Waals surface area (Å²) in [5.41, 5.74) is 2.29. The normalized spacial score (nSPS) is 9.92. The van der Waals surface area contributed by atoms with Crippen LogP contribution < -0.4 is 5.32 Å². The van der Waals surface area contributed by atoms with Crippen molar-refractivity contribution in [3.05, 3.63) is 36.7 Å². The first-order chi connectivity index (χ1) is 6.22. The lowest BCUT2D eigenvalue weighted by atomic mass is 10.3. The van der Waals surface area contributed by atoms with Gasteiger partial charge in [-0.05, 0) is 6.92 Å². The molecule has 0 radical (unpaired) electrons. The molecule has 70 valence electrons. The Morgan fingerprint density at radius 2 is 2.54 bits per heavy atom. The molecule has 3 heteroatoms. The van der Waals surface area contributed by atoms with E-state index >= 15 is 0 Å². The molecule has 0 amide bonds. The van der Waals surface area contributed by atoms with Crippen LogP contribution in [0.5, 0.6) is 0 Å². The van der Waals surface area contributed by atoms with Gasteiger partial charge in [0.25, 0.3) is 0 Å². The van der Waals surface area contributed by atoms with Crippen LogP contribution in [0.1, 0.15) is 12.5 Å². The largest absolute Gasteiger partial charge is 0.309 e. The topological polar surface area (TPSA) is 29.9 Å². The molecule has 0 bridgehead atoms. The van der Waals surface area contributed by atoms with Crippen molar-refractivity contribution in [2.45, 2.75) is 13.5 Å². The molecule has 0 unspecified atom stereocenters. The van der Waals surface area contributed by atoms with Gasteiger partial charge in [-0.1, -0.05) is 18.7 Å². The van der Waals surface area contributed by atoms with Gasteiger partial charge in [0, 0.05) is 31.0 Å². The Balaban J connectivity index is 2.36. The predicted octanol–water partition coefficient (Wildman–Crippen LogP) is 1.65. The average molecular weight is 177 g/mol. The molecule has 1 rings (SSSR count). The maximum Gasteiger partial charge on any atom is 0.0538 e. The third-order valence-electron chi connectivity index (χ3n) is 1.60. The van der Waals surface area contributed by atoms with E-state index in [9.17, 15) is 0 Å². The minimum Gasteiger partial charge on any atom is -0.309 e. The molecule has 0 atom stereocenters. The molecular weight excluding hydrogens is 162 g/mol. The summed E-state index contributed by atoms with van der Waals surface area (Å²) in [5, 5.41) is 7.32. The van der Waals surface area contributed by atoms with Gasteiger partial charge in [-0.3, -0.25) is 0 Å². The van der Waals surface area contributed by atoms with Gasteiger partial charge in [0.2, 0.25) is 0 Å².